The van der Waals surface area contributed by atoms with Crippen molar-refractivity contribution in [1.82, 2.24) is 15.5 Å². The van der Waals surface area contributed by atoms with Crippen LogP contribution in [-0.2, 0) is 0 Å². The van der Waals surface area contributed by atoms with E-state index in [1.165, 1.54) is 13.0 Å². The molecule has 0 aliphatic carbocycles. The molecule has 164 valence electrons. The molecule has 1 aliphatic heterocycles. The van der Waals surface area contributed by atoms with Gasteiger partial charge in [-0.15, -0.1) is 0 Å². The van der Waals surface area contributed by atoms with Crippen LogP contribution in [0.4, 0.5) is 5.69 Å². The van der Waals surface area contributed by atoms with Crippen LogP contribution in [0.25, 0.3) is 0 Å². The van der Waals surface area contributed by atoms with Crippen molar-refractivity contribution in [2.45, 2.75) is 39.2 Å². The summed E-state index contributed by atoms with van der Waals surface area (Å²) >= 11 is 0. The third kappa shape index (κ3) is 7.31. The quantitative estimate of drug-likeness (QED) is 0.335. The van der Waals surface area contributed by atoms with Gasteiger partial charge in [-0.05, 0) is 38.9 Å². The lowest BCUT2D eigenvalue weighted by Crippen LogP contribution is -2.45. The van der Waals surface area contributed by atoms with Gasteiger partial charge >= 0.3 is 0 Å². The van der Waals surface area contributed by atoms with Crippen LogP contribution < -0.4 is 25.0 Å². The minimum atomic E-state index is 0.370. The van der Waals surface area contributed by atoms with Gasteiger partial charge in [-0.1, -0.05) is 13.8 Å². The largest absolute Gasteiger partial charge is 0.497 e. The Morgan fingerprint density at radius 1 is 1.14 bits per heavy atom. The molecule has 29 heavy (non-hydrogen) atoms. The van der Waals surface area contributed by atoms with Crippen LogP contribution in [0.3, 0.4) is 0 Å². The van der Waals surface area contributed by atoms with Gasteiger partial charge in [0.05, 0.1) is 14.2 Å². The summed E-state index contributed by atoms with van der Waals surface area (Å²) in [6, 6.07) is 6.40. The molecule has 0 bridgehead atoms. The Labute approximate surface area is 176 Å². The fourth-order valence-electron chi connectivity index (χ4n) is 3.68. The number of guanidine groups is 1. The van der Waals surface area contributed by atoms with Crippen molar-refractivity contribution in [3.8, 4) is 11.5 Å². The number of benzene rings is 1. The number of unbranched alkanes of at least 4 members (excludes halogenated alkanes) is 1. The van der Waals surface area contributed by atoms with E-state index in [0.717, 1.165) is 68.7 Å². The summed E-state index contributed by atoms with van der Waals surface area (Å²) in [6.07, 6.45) is 3.43. The molecule has 1 fully saturated rings. The Morgan fingerprint density at radius 3 is 2.41 bits per heavy atom. The molecule has 1 unspecified atom stereocenters. The molecular formula is C22H39N5O2. The van der Waals surface area contributed by atoms with Crippen molar-refractivity contribution in [3.63, 3.8) is 0 Å². The second-order valence-corrected chi connectivity index (χ2v) is 7.38. The highest BCUT2D eigenvalue weighted by molar-refractivity contribution is 5.80. The molecule has 2 N–H and O–H groups in total. The van der Waals surface area contributed by atoms with Crippen LogP contribution in [0.2, 0.25) is 0 Å². The maximum Gasteiger partial charge on any atom is 0.191 e. The Hall–Kier alpha value is -2.15. The molecule has 1 saturated heterocycles. The molecule has 7 nitrogen and oxygen atoms in total. The summed E-state index contributed by atoms with van der Waals surface area (Å²) in [7, 11) is 5.21. The first-order valence-corrected chi connectivity index (χ1v) is 10.8. The van der Waals surface area contributed by atoms with Crippen molar-refractivity contribution in [2.75, 3.05) is 65.4 Å². The van der Waals surface area contributed by atoms with Gasteiger partial charge in [0.1, 0.15) is 11.5 Å². The van der Waals surface area contributed by atoms with Crippen LogP contribution in [0, 0.1) is 0 Å². The van der Waals surface area contributed by atoms with E-state index < -0.39 is 0 Å². The van der Waals surface area contributed by atoms with Gasteiger partial charge in [0.2, 0.25) is 0 Å². The first kappa shape index (κ1) is 23.1. The Balaban J connectivity index is 1.78. The molecule has 1 aromatic rings. The van der Waals surface area contributed by atoms with Crippen molar-refractivity contribution in [2.24, 2.45) is 4.99 Å². The fraction of sp³-hybridized carbons (Fsp3) is 0.682. The van der Waals surface area contributed by atoms with Crippen molar-refractivity contribution in [1.29, 1.82) is 0 Å². The Kier molecular flexibility index (Phi) is 9.91. The average molecular weight is 406 g/mol. The van der Waals surface area contributed by atoms with Crippen LogP contribution in [-0.4, -0.2) is 77.4 Å². The van der Waals surface area contributed by atoms with E-state index in [2.05, 4.69) is 51.4 Å². The number of methoxy groups -OCH3 is 2. The van der Waals surface area contributed by atoms with Gasteiger partial charge in [-0.3, -0.25) is 4.99 Å². The van der Waals surface area contributed by atoms with Gasteiger partial charge < -0.3 is 29.9 Å². The Morgan fingerprint density at radius 2 is 1.83 bits per heavy atom. The molecule has 0 saturated carbocycles. The smallest absolute Gasteiger partial charge is 0.191 e. The standard InChI is InChI=1S/C22H39N5O2/c1-6-26(7-2)12-9-8-11-24-22(23-3)25-18-10-13-27(17-18)19-14-20(28-4)16-21(15-19)29-5/h14-16,18H,6-13,17H2,1-5H3,(H2,23,24,25). The number of aliphatic imine (C=N–C) groups is 1. The first-order valence-electron chi connectivity index (χ1n) is 10.8. The molecule has 1 heterocycles. The predicted molar refractivity (Wildman–Crippen MR) is 122 cm³/mol. The molecule has 0 spiro atoms. The number of hydrogen-bond donors (Lipinski definition) is 2. The molecule has 1 aromatic carbocycles. The number of nitrogens with zero attached hydrogens (tertiary/aromatic N) is 3. The lowest BCUT2D eigenvalue weighted by Gasteiger charge is -2.21. The molecule has 2 rings (SSSR count). The molecule has 0 aromatic heterocycles. The summed E-state index contributed by atoms with van der Waals surface area (Å²) in [5.74, 6) is 2.53. The lowest BCUT2D eigenvalue weighted by molar-refractivity contribution is 0.297. The van der Waals surface area contributed by atoms with Crippen molar-refractivity contribution in [3.05, 3.63) is 18.2 Å². The topological polar surface area (TPSA) is 61.4 Å². The zero-order valence-electron chi connectivity index (χ0n) is 18.8. The van der Waals surface area contributed by atoms with E-state index in [1.807, 2.05) is 13.1 Å². The van der Waals surface area contributed by atoms with Crippen molar-refractivity contribution >= 4 is 11.6 Å². The van der Waals surface area contributed by atoms with Gasteiger partial charge in [0, 0.05) is 56.6 Å². The van der Waals surface area contributed by atoms with Crippen LogP contribution in [0.5, 0.6) is 11.5 Å². The molecule has 7 heteroatoms. The van der Waals surface area contributed by atoms with E-state index in [-0.39, 0.29) is 0 Å². The second kappa shape index (κ2) is 12.4. The summed E-state index contributed by atoms with van der Waals surface area (Å²) in [5.41, 5.74) is 1.13. The molecular weight excluding hydrogens is 366 g/mol. The summed E-state index contributed by atoms with van der Waals surface area (Å²) in [6.45, 7) is 10.7. The third-order valence-electron chi connectivity index (χ3n) is 5.54. The summed E-state index contributed by atoms with van der Waals surface area (Å²) in [5, 5.41) is 7.03. The number of hydrogen-bond acceptors (Lipinski definition) is 5. The first-order chi connectivity index (χ1) is 14.1. The van der Waals surface area contributed by atoms with E-state index in [4.69, 9.17) is 9.47 Å². The highest BCUT2D eigenvalue weighted by atomic mass is 16.5. The monoisotopic (exact) mass is 405 g/mol. The van der Waals surface area contributed by atoms with Crippen molar-refractivity contribution < 1.29 is 9.47 Å². The zero-order chi connectivity index (χ0) is 21.1. The van der Waals surface area contributed by atoms with Gasteiger partial charge in [0.25, 0.3) is 0 Å². The normalized spacial score (nSPS) is 17.0. The van der Waals surface area contributed by atoms with E-state index in [0.29, 0.717) is 6.04 Å². The SMILES string of the molecule is CCN(CC)CCCCNC(=NC)NC1CCN(c2cc(OC)cc(OC)c2)C1. The number of nitrogens with one attached hydrogen (secondary N) is 2. The minimum Gasteiger partial charge on any atom is -0.497 e. The number of rotatable bonds is 11. The number of ether oxygens (including phenoxy) is 2. The summed E-state index contributed by atoms with van der Waals surface area (Å²) < 4.78 is 10.8. The highest BCUT2D eigenvalue weighted by Gasteiger charge is 2.24. The zero-order valence-corrected chi connectivity index (χ0v) is 18.8. The molecule has 1 atom stereocenters. The third-order valence-corrected chi connectivity index (χ3v) is 5.54. The molecule has 1 aliphatic rings. The van der Waals surface area contributed by atoms with Gasteiger partial charge in [0.15, 0.2) is 5.96 Å². The van der Waals surface area contributed by atoms with Crippen LogP contribution in [0.15, 0.2) is 23.2 Å². The molecule has 0 radical (unpaired) electrons. The summed E-state index contributed by atoms with van der Waals surface area (Å²) in [4.78, 5) is 9.22. The van der Waals surface area contributed by atoms with Gasteiger partial charge in [-0.2, -0.15) is 0 Å². The van der Waals surface area contributed by atoms with Crippen LogP contribution in [0.1, 0.15) is 33.1 Å². The maximum absolute atomic E-state index is 5.40. The van der Waals surface area contributed by atoms with Crippen LogP contribution >= 0.6 is 0 Å². The number of anilines is 1. The predicted octanol–water partition coefficient (Wildman–Crippen LogP) is 2.57. The van der Waals surface area contributed by atoms with E-state index in [9.17, 15) is 0 Å². The fourth-order valence-corrected chi connectivity index (χ4v) is 3.68. The lowest BCUT2D eigenvalue weighted by atomic mass is 10.2. The molecule has 0 amide bonds. The average Bonchev–Trinajstić information content (AvgIpc) is 3.23. The van der Waals surface area contributed by atoms with E-state index >= 15 is 0 Å². The van der Waals surface area contributed by atoms with Gasteiger partial charge in [-0.25, -0.2) is 0 Å². The van der Waals surface area contributed by atoms with E-state index in [1.54, 1.807) is 14.2 Å². The Bertz CT molecular complexity index is 611. The maximum atomic E-state index is 5.40. The second-order valence-electron chi connectivity index (χ2n) is 7.38. The highest BCUT2D eigenvalue weighted by Crippen LogP contribution is 2.30. The minimum absolute atomic E-state index is 0.370.